The van der Waals surface area contributed by atoms with Crippen molar-refractivity contribution >= 4 is 5.70 Å². The van der Waals surface area contributed by atoms with Crippen LogP contribution in [0.15, 0.2) is 60.1 Å². The topological polar surface area (TPSA) is 95.6 Å². The second-order valence-electron chi connectivity index (χ2n) is 7.14. The minimum absolute atomic E-state index is 0.0189. The lowest BCUT2D eigenvalue weighted by Gasteiger charge is -2.16. The van der Waals surface area contributed by atoms with E-state index < -0.39 is 11.6 Å². The molecule has 3 aromatic rings. The molecule has 2 aromatic heterocycles. The molecule has 0 spiro atoms. The fourth-order valence-corrected chi connectivity index (χ4v) is 3.24. The Balaban J connectivity index is 1.95. The Morgan fingerprint density at radius 2 is 1.84 bits per heavy atom. The van der Waals surface area contributed by atoms with Gasteiger partial charge in [-0.1, -0.05) is 26.8 Å². The first-order valence-electron chi connectivity index (χ1n) is 10.1. The third kappa shape index (κ3) is 4.79. The molecule has 0 saturated heterocycles. The molecule has 3 rings (SSSR count). The third-order valence-corrected chi connectivity index (χ3v) is 5.12. The number of hydrogen-bond donors (Lipinski definition) is 2. The molecule has 1 unspecified atom stereocenters. The van der Waals surface area contributed by atoms with E-state index in [0.717, 1.165) is 12.1 Å². The molecule has 1 atom stereocenters. The summed E-state index contributed by atoms with van der Waals surface area (Å²) in [6.45, 7) is 5.83. The summed E-state index contributed by atoms with van der Waals surface area (Å²) >= 11 is 0. The molecule has 31 heavy (non-hydrogen) atoms. The molecule has 2 heterocycles. The molecule has 0 saturated carbocycles. The molecule has 0 bridgehead atoms. The van der Waals surface area contributed by atoms with Crippen molar-refractivity contribution in [1.82, 2.24) is 19.7 Å². The first-order chi connectivity index (χ1) is 14.8. The number of rotatable bonds is 7. The van der Waals surface area contributed by atoms with Crippen molar-refractivity contribution in [3.8, 4) is 5.95 Å². The van der Waals surface area contributed by atoms with Gasteiger partial charge in [-0.05, 0) is 48.8 Å². The van der Waals surface area contributed by atoms with E-state index in [1.165, 1.54) is 24.3 Å². The van der Waals surface area contributed by atoms with E-state index in [2.05, 4.69) is 15.1 Å². The van der Waals surface area contributed by atoms with Crippen molar-refractivity contribution in [2.75, 3.05) is 0 Å². The van der Waals surface area contributed by atoms with Crippen LogP contribution in [-0.2, 0) is 6.42 Å². The molecular formula is C23H26F2N6. The molecule has 0 fully saturated rings. The standard InChI is InChI=1S/C23H26F2N6/c1-4-15(13-19(26)21-17(24)7-6-8-18(21)25)22(27)14(3)20-9-11-28-23(29-20)31-12-10-16(5-2)30-31/h6-14H,4-5,26-27H2,1-3H3/b19-13-,22-15-. The Labute approximate surface area is 180 Å². The number of benzene rings is 1. The van der Waals surface area contributed by atoms with Crippen LogP contribution >= 0.6 is 0 Å². The lowest BCUT2D eigenvalue weighted by Crippen LogP contribution is -2.14. The summed E-state index contributed by atoms with van der Waals surface area (Å²) in [4.78, 5) is 8.89. The second kappa shape index (κ2) is 9.51. The predicted molar refractivity (Wildman–Crippen MR) is 117 cm³/mol. The minimum atomic E-state index is -0.720. The summed E-state index contributed by atoms with van der Waals surface area (Å²) in [6, 6.07) is 7.33. The van der Waals surface area contributed by atoms with Crippen molar-refractivity contribution in [3.63, 3.8) is 0 Å². The number of nitrogens with zero attached hydrogens (tertiary/aromatic N) is 4. The van der Waals surface area contributed by atoms with E-state index in [0.29, 0.717) is 29.3 Å². The van der Waals surface area contributed by atoms with E-state index in [9.17, 15) is 8.78 Å². The number of halogens is 2. The van der Waals surface area contributed by atoms with Crippen molar-refractivity contribution in [2.45, 2.75) is 39.5 Å². The van der Waals surface area contributed by atoms with Crippen LogP contribution in [0.4, 0.5) is 8.78 Å². The van der Waals surface area contributed by atoms with E-state index in [4.69, 9.17) is 11.5 Å². The number of aryl methyl sites for hydroxylation is 1. The number of aromatic nitrogens is 4. The Hall–Kier alpha value is -3.55. The molecule has 0 amide bonds. The second-order valence-corrected chi connectivity index (χ2v) is 7.14. The molecule has 4 N–H and O–H groups in total. The van der Waals surface area contributed by atoms with Crippen molar-refractivity contribution in [1.29, 1.82) is 0 Å². The number of hydrogen-bond acceptors (Lipinski definition) is 5. The lowest BCUT2D eigenvalue weighted by atomic mass is 9.96. The van der Waals surface area contributed by atoms with Gasteiger partial charge in [0.1, 0.15) is 11.6 Å². The first kappa shape index (κ1) is 22.1. The van der Waals surface area contributed by atoms with Crippen LogP contribution in [0, 0.1) is 11.6 Å². The van der Waals surface area contributed by atoms with E-state index in [1.54, 1.807) is 16.9 Å². The fraction of sp³-hybridized carbons (Fsp3) is 0.261. The molecule has 8 heteroatoms. The third-order valence-electron chi connectivity index (χ3n) is 5.12. The highest BCUT2D eigenvalue weighted by Crippen LogP contribution is 2.26. The maximum atomic E-state index is 14.1. The monoisotopic (exact) mass is 424 g/mol. The predicted octanol–water partition coefficient (Wildman–Crippen LogP) is 4.23. The van der Waals surface area contributed by atoms with Gasteiger partial charge in [0.25, 0.3) is 5.95 Å². The van der Waals surface area contributed by atoms with Gasteiger partial charge in [-0.2, -0.15) is 5.10 Å². The highest BCUT2D eigenvalue weighted by molar-refractivity contribution is 5.66. The zero-order chi connectivity index (χ0) is 22.5. The average Bonchev–Trinajstić information content (AvgIpc) is 3.26. The number of allylic oxidation sites excluding steroid dienone is 3. The van der Waals surface area contributed by atoms with Gasteiger partial charge in [-0.15, -0.1) is 0 Å². The fourth-order valence-electron chi connectivity index (χ4n) is 3.24. The van der Waals surface area contributed by atoms with Gasteiger partial charge in [0.15, 0.2) is 0 Å². The quantitative estimate of drug-likeness (QED) is 0.554. The Morgan fingerprint density at radius 1 is 1.13 bits per heavy atom. The molecule has 0 aliphatic heterocycles. The van der Waals surface area contributed by atoms with Gasteiger partial charge in [0.2, 0.25) is 0 Å². The average molecular weight is 424 g/mol. The van der Waals surface area contributed by atoms with Gasteiger partial charge in [0.05, 0.1) is 17.0 Å². The zero-order valence-corrected chi connectivity index (χ0v) is 17.8. The SMILES string of the molecule is CCC(/C=C(\N)c1c(F)cccc1F)=C(/N)C(C)c1ccnc(-n2ccc(CC)n2)n1. The Kier molecular flexibility index (Phi) is 6.79. The highest BCUT2D eigenvalue weighted by atomic mass is 19.1. The van der Waals surface area contributed by atoms with E-state index in [-0.39, 0.29) is 17.2 Å². The number of nitrogens with two attached hydrogens (primary N) is 2. The van der Waals surface area contributed by atoms with Gasteiger partial charge in [0, 0.05) is 29.7 Å². The summed E-state index contributed by atoms with van der Waals surface area (Å²) in [7, 11) is 0. The van der Waals surface area contributed by atoms with Crippen molar-refractivity contribution in [3.05, 3.63) is 88.7 Å². The molecular weight excluding hydrogens is 398 g/mol. The zero-order valence-electron chi connectivity index (χ0n) is 17.8. The molecule has 1 aromatic carbocycles. The Bertz CT molecular complexity index is 1110. The smallest absolute Gasteiger partial charge is 0.250 e. The van der Waals surface area contributed by atoms with Crippen LogP contribution < -0.4 is 11.5 Å². The Morgan fingerprint density at radius 3 is 2.45 bits per heavy atom. The molecule has 0 aliphatic carbocycles. The normalized spacial score (nSPS) is 13.8. The molecule has 162 valence electrons. The van der Waals surface area contributed by atoms with Crippen LogP contribution in [0.3, 0.4) is 0 Å². The molecule has 6 nitrogen and oxygen atoms in total. The molecule has 0 radical (unpaired) electrons. The van der Waals surface area contributed by atoms with Crippen LogP contribution in [0.25, 0.3) is 11.6 Å². The van der Waals surface area contributed by atoms with Crippen LogP contribution in [0.1, 0.15) is 50.1 Å². The van der Waals surface area contributed by atoms with Crippen LogP contribution in [-0.4, -0.2) is 19.7 Å². The maximum absolute atomic E-state index is 14.1. The summed E-state index contributed by atoms with van der Waals surface area (Å²) in [6.07, 6.45) is 6.33. The minimum Gasteiger partial charge on any atom is -0.401 e. The molecule has 0 aliphatic rings. The van der Waals surface area contributed by atoms with Crippen molar-refractivity contribution < 1.29 is 8.78 Å². The summed E-state index contributed by atoms with van der Waals surface area (Å²) < 4.78 is 29.8. The maximum Gasteiger partial charge on any atom is 0.250 e. The van der Waals surface area contributed by atoms with Crippen LogP contribution in [0.5, 0.6) is 0 Å². The summed E-state index contributed by atoms with van der Waals surface area (Å²) in [5, 5.41) is 4.44. The first-order valence-corrected chi connectivity index (χ1v) is 10.1. The van der Waals surface area contributed by atoms with Gasteiger partial charge >= 0.3 is 0 Å². The lowest BCUT2D eigenvalue weighted by molar-refractivity contribution is 0.576. The summed E-state index contributed by atoms with van der Waals surface area (Å²) in [5.74, 6) is -1.27. The van der Waals surface area contributed by atoms with E-state index >= 15 is 0 Å². The van der Waals surface area contributed by atoms with Crippen molar-refractivity contribution in [2.24, 2.45) is 11.5 Å². The van der Waals surface area contributed by atoms with E-state index in [1.807, 2.05) is 33.0 Å². The highest BCUT2D eigenvalue weighted by Gasteiger charge is 2.17. The van der Waals surface area contributed by atoms with Gasteiger partial charge in [-0.3, -0.25) is 0 Å². The van der Waals surface area contributed by atoms with Crippen LogP contribution in [0.2, 0.25) is 0 Å². The van der Waals surface area contributed by atoms with Gasteiger partial charge < -0.3 is 11.5 Å². The van der Waals surface area contributed by atoms with Gasteiger partial charge in [-0.25, -0.2) is 23.4 Å². The largest absolute Gasteiger partial charge is 0.401 e. The summed E-state index contributed by atoms with van der Waals surface area (Å²) in [5.41, 5.74) is 15.0.